The van der Waals surface area contributed by atoms with Crippen LogP contribution in [0.4, 0.5) is 0 Å². The fourth-order valence-electron chi connectivity index (χ4n) is 3.65. The molecular weight excluding hydrogens is 422 g/mol. The molecule has 0 aliphatic carbocycles. The van der Waals surface area contributed by atoms with E-state index in [4.69, 9.17) is 9.47 Å². The summed E-state index contributed by atoms with van der Waals surface area (Å²) in [6, 6.07) is 12.0. The molecule has 8 heteroatoms. The van der Waals surface area contributed by atoms with Crippen LogP contribution in [0.25, 0.3) is 10.9 Å². The second kappa shape index (κ2) is 10.4. The minimum absolute atomic E-state index is 0.198. The summed E-state index contributed by atoms with van der Waals surface area (Å²) < 4.78 is 13.7. The number of amides is 1. The highest BCUT2D eigenvalue weighted by Crippen LogP contribution is 2.30. The molecule has 3 rings (SSSR count). The van der Waals surface area contributed by atoms with Crippen molar-refractivity contribution < 1.29 is 14.3 Å². The van der Waals surface area contributed by atoms with Gasteiger partial charge in [0, 0.05) is 6.54 Å². The van der Waals surface area contributed by atoms with Gasteiger partial charge < -0.3 is 14.8 Å². The summed E-state index contributed by atoms with van der Waals surface area (Å²) in [4.78, 5) is 38.3. The van der Waals surface area contributed by atoms with E-state index in [0.29, 0.717) is 34.9 Å². The molecule has 8 nitrogen and oxygen atoms in total. The van der Waals surface area contributed by atoms with Crippen molar-refractivity contribution in [3.63, 3.8) is 0 Å². The first-order valence-electron chi connectivity index (χ1n) is 11.1. The van der Waals surface area contributed by atoms with E-state index in [1.165, 1.54) is 4.57 Å². The lowest BCUT2D eigenvalue weighted by atomic mass is 10.1. The summed E-state index contributed by atoms with van der Waals surface area (Å²) in [5.41, 5.74) is 0.425. The first-order valence-corrected chi connectivity index (χ1v) is 11.1. The Hall–Kier alpha value is -3.55. The summed E-state index contributed by atoms with van der Waals surface area (Å²) in [5, 5.41) is 3.33. The zero-order valence-corrected chi connectivity index (χ0v) is 19.8. The van der Waals surface area contributed by atoms with Crippen molar-refractivity contribution in [2.24, 2.45) is 5.92 Å². The molecule has 0 radical (unpaired) electrons. The number of hydrogen-bond donors (Lipinski definition) is 1. The Balaban J connectivity index is 1.82. The van der Waals surface area contributed by atoms with E-state index in [0.717, 1.165) is 10.1 Å². The molecule has 3 aromatic rings. The number of hydrogen-bond acceptors (Lipinski definition) is 5. The molecule has 0 saturated heterocycles. The van der Waals surface area contributed by atoms with Gasteiger partial charge in [-0.15, -0.1) is 0 Å². The van der Waals surface area contributed by atoms with Gasteiger partial charge in [0.2, 0.25) is 5.91 Å². The van der Waals surface area contributed by atoms with Crippen LogP contribution in [0.3, 0.4) is 0 Å². The largest absolute Gasteiger partial charge is 0.493 e. The number of ether oxygens (including phenoxy) is 2. The fourth-order valence-corrected chi connectivity index (χ4v) is 3.65. The highest BCUT2D eigenvalue weighted by Gasteiger charge is 2.17. The Bertz CT molecular complexity index is 1260. The third-order valence-electron chi connectivity index (χ3n) is 5.39. The van der Waals surface area contributed by atoms with Crippen LogP contribution in [-0.2, 0) is 17.9 Å². The van der Waals surface area contributed by atoms with Crippen LogP contribution in [0.15, 0.2) is 52.1 Å². The first-order chi connectivity index (χ1) is 15.8. The summed E-state index contributed by atoms with van der Waals surface area (Å²) in [6.45, 7) is 8.33. The first kappa shape index (κ1) is 24.1. The molecule has 176 valence electrons. The average Bonchev–Trinajstić information content (AvgIpc) is 2.80. The minimum Gasteiger partial charge on any atom is -0.493 e. The number of nitrogens with one attached hydrogen (secondary N) is 1. The standard InChI is InChI=1S/C25H31N3O5/c1-6-27-24(30)19-9-7-8-10-20(19)28(25(27)31)14-23(29)26-17(4)18-11-12-21(22(13-18)32-5)33-15-16(2)3/h7-13,16-17H,6,14-15H2,1-5H3,(H,26,29). The number of methoxy groups -OCH3 is 1. The third kappa shape index (κ3) is 5.27. The van der Waals surface area contributed by atoms with Gasteiger partial charge >= 0.3 is 5.69 Å². The molecule has 0 fully saturated rings. The molecule has 1 heterocycles. The van der Waals surface area contributed by atoms with Crippen molar-refractivity contribution in [3.8, 4) is 11.5 Å². The van der Waals surface area contributed by atoms with E-state index >= 15 is 0 Å². The summed E-state index contributed by atoms with van der Waals surface area (Å²) in [6.07, 6.45) is 0. The van der Waals surface area contributed by atoms with Gasteiger partial charge in [0.25, 0.3) is 5.56 Å². The van der Waals surface area contributed by atoms with Gasteiger partial charge in [-0.3, -0.25) is 18.7 Å². The smallest absolute Gasteiger partial charge is 0.331 e. The van der Waals surface area contributed by atoms with E-state index in [2.05, 4.69) is 19.2 Å². The zero-order chi connectivity index (χ0) is 24.1. The van der Waals surface area contributed by atoms with Crippen LogP contribution in [0, 0.1) is 5.92 Å². The van der Waals surface area contributed by atoms with Gasteiger partial charge in [0.05, 0.1) is 30.7 Å². The van der Waals surface area contributed by atoms with Gasteiger partial charge in [0.15, 0.2) is 11.5 Å². The van der Waals surface area contributed by atoms with Gasteiger partial charge in [0.1, 0.15) is 6.54 Å². The molecule has 0 spiro atoms. The number of rotatable bonds is 9. The lowest BCUT2D eigenvalue weighted by Gasteiger charge is -2.19. The van der Waals surface area contributed by atoms with Gasteiger partial charge in [-0.05, 0) is 49.6 Å². The number of carbonyl (C=O) groups excluding carboxylic acids is 1. The van der Waals surface area contributed by atoms with Crippen LogP contribution < -0.4 is 26.0 Å². The fraction of sp³-hybridized carbons (Fsp3) is 0.400. The summed E-state index contributed by atoms with van der Waals surface area (Å²) in [5.74, 6) is 1.28. The molecule has 2 aromatic carbocycles. The van der Waals surface area contributed by atoms with Gasteiger partial charge in [-0.25, -0.2) is 4.79 Å². The maximum atomic E-state index is 12.9. The molecule has 0 aliphatic heterocycles. The highest BCUT2D eigenvalue weighted by atomic mass is 16.5. The van der Waals surface area contributed by atoms with Crippen LogP contribution >= 0.6 is 0 Å². The number of para-hydroxylation sites is 1. The van der Waals surface area contributed by atoms with E-state index in [1.807, 2.05) is 25.1 Å². The molecule has 1 N–H and O–H groups in total. The molecule has 0 aliphatic rings. The molecule has 1 amide bonds. The van der Waals surface area contributed by atoms with Gasteiger partial charge in [-0.1, -0.05) is 32.0 Å². The van der Waals surface area contributed by atoms with Crippen LogP contribution in [0.1, 0.15) is 39.3 Å². The maximum Gasteiger partial charge on any atom is 0.331 e. The van der Waals surface area contributed by atoms with E-state index in [-0.39, 0.29) is 30.6 Å². The lowest BCUT2D eigenvalue weighted by Crippen LogP contribution is -2.42. The zero-order valence-electron chi connectivity index (χ0n) is 19.8. The van der Waals surface area contributed by atoms with E-state index in [1.54, 1.807) is 38.3 Å². The Kier molecular flexibility index (Phi) is 7.58. The molecule has 0 saturated carbocycles. The predicted octanol–water partition coefficient (Wildman–Crippen LogP) is 3.10. The number of fused-ring (bicyclic) bond motifs is 1. The topological polar surface area (TPSA) is 91.6 Å². The van der Waals surface area contributed by atoms with Crippen LogP contribution in [0.5, 0.6) is 11.5 Å². The van der Waals surface area contributed by atoms with Crippen molar-refractivity contribution in [2.45, 2.75) is 46.8 Å². The third-order valence-corrected chi connectivity index (χ3v) is 5.39. The summed E-state index contributed by atoms with van der Waals surface area (Å²) >= 11 is 0. The van der Waals surface area contributed by atoms with Crippen molar-refractivity contribution >= 4 is 16.8 Å². The minimum atomic E-state index is -0.502. The Morgan fingerprint density at radius 1 is 1.03 bits per heavy atom. The lowest BCUT2D eigenvalue weighted by molar-refractivity contribution is -0.122. The van der Waals surface area contributed by atoms with Crippen molar-refractivity contribution in [3.05, 3.63) is 68.9 Å². The molecule has 0 bridgehead atoms. The Morgan fingerprint density at radius 3 is 2.42 bits per heavy atom. The quantitative estimate of drug-likeness (QED) is 0.538. The monoisotopic (exact) mass is 453 g/mol. The highest BCUT2D eigenvalue weighted by molar-refractivity contribution is 5.81. The average molecular weight is 454 g/mol. The summed E-state index contributed by atoms with van der Waals surface area (Å²) in [7, 11) is 1.57. The molecule has 33 heavy (non-hydrogen) atoms. The normalized spacial score (nSPS) is 12.1. The molecule has 1 unspecified atom stereocenters. The number of aromatic nitrogens is 2. The SMILES string of the molecule is CCn1c(=O)c2ccccc2n(CC(=O)NC(C)c2ccc(OCC(C)C)c(OC)c2)c1=O. The van der Waals surface area contributed by atoms with Crippen molar-refractivity contribution in [1.29, 1.82) is 0 Å². The van der Waals surface area contributed by atoms with E-state index in [9.17, 15) is 14.4 Å². The number of carbonyl (C=O) groups is 1. The predicted molar refractivity (Wildman–Crippen MR) is 128 cm³/mol. The number of nitrogens with zero attached hydrogens (tertiary/aromatic N) is 2. The van der Waals surface area contributed by atoms with Gasteiger partial charge in [-0.2, -0.15) is 0 Å². The molecule has 1 atom stereocenters. The van der Waals surface area contributed by atoms with Crippen molar-refractivity contribution in [1.82, 2.24) is 14.5 Å². The molecule has 1 aromatic heterocycles. The van der Waals surface area contributed by atoms with Crippen molar-refractivity contribution in [2.75, 3.05) is 13.7 Å². The Morgan fingerprint density at radius 2 is 1.76 bits per heavy atom. The van der Waals surface area contributed by atoms with Crippen LogP contribution in [-0.4, -0.2) is 28.8 Å². The second-order valence-corrected chi connectivity index (χ2v) is 8.34. The maximum absolute atomic E-state index is 12.9. The molecular formula is C25H31N3O5. The Labute approximate surface area is 192 Å². The van der Waals surface area contributed by atoms with E-state index < -0.39 is 5.69 Å². The van der Waals surface area contributed by atoms with Crippen LogP contribution in [0.2, 0.25) is 0 Å². The second-order valence-electron chi connectivity index (χ2n) is 8.34. The number of benzene rings is 2.